The summed E-state index contributed by atoms with van der Waals surface area (Å²) in [7, 11) is 0. The van der Waals surface area contributed by atoms with Gasteiger partial charge >= 0.3 is 0 Å². The molecule has 0 aliphatic carbocycles. The zero-order valence-electron chi connectivity index (χ0n) is 16.9. The molecule has 0 bridgehead atoms. The number of hydrogen-bond donors (Lipinski definition) is 1. The van der Waals surface area contributed by atoms with Crippen LogP contribution in [-0.2, 0) is 6.42 Å². The fourth-order valence-corrected chi connectivity index (χ4v) is 3.44. The second-order valence-corrected chi connectivity index (χ2v) is 7.28. The molecule has 2 aromatic rings. The first-order valence-corrected chi connectivity index (χ1v) is 10.0. The molecule has 1 atom stereocenters. The minimum Gasteiger partial charge on any atom is -0.493 e. The lowest BCUT2D eigenvalue weighted by atomic mass is 9.89. The van der Waals surface area contributed by atoms with Gasteiger partial charge in [0.25, 0.3) is 0 Å². The van der Waals surface area contributed by atoms with Gasteiger partial charge in [0.05, 0.1) is 25.9 Å². The van der Waals surface area contributed by atoms with E-state index >= 15 is 0 Å². The highest BCUT2D eigenvalue weighted by Crippen LogP contribution is 2.38. The molecule has 0 saturated carbocycles. The van der Waals surface area contributed by atoms with Crippen molar-refractivity contribution >= 4 is 0 Å². The number of ether oxygens (including phenoxy) is 3. The Morgan fingerprint density at radius 3 is 2.44 bits per heavy atom. The quantitative estimate of drug-likeness (QED) is 0.729. The summed E-state index contributed by atoms with van der Waals surface area (Å²) in [4.78, 5) is 0. The van der Waals surface area contributed by atoms with E-state index in [2.05, 4.69) is 49.5 Å². The molecule has 1 aliphatic rings. The van der Waals surface area contributed by atoms with Crippen molar-refractivity contribution in [2.75, 3.05) is 26.4 Å². The molecule has 2 aromatic carbocycles. The van der Waals surface area contributed by atoms with Gasteiger partial charge in [0.1, 0.15) is 5.75 Å². The molecule has 1 N–H and O–H groups in total. The van der Waals surface area contributed by atoms with E-state index in [0.717, 1.165) is 36.8 Å². The Hall–Kier alpha value is -2.20. The van der Waals surface area contributed by atoms with E-state index in [0.29, 0.717) is 19.1 Å². The van der Waals surface area contributed by atoms with Gasteiger partial charge in [-0.05, 0) is 67.1 Å². The van der Waals surface area contributed by atoms with E-state index in [1.54, 1.807) is 0 Å². The van der Waals surface area contributed by atoms with Crippen LogP contribution in [0.1, 0.15) is 50.4 Å². The zero-order chi connectivity index (χ0) is 19.2. The van der Waals surface area contributed by atoms with Crippen LogP contribution in [0.15, 0.2) is 36.4 Å². The van der Waals surface area contributed by atoms with E-state index in [9.17, 15) is 0 Å². The van der Waals surface area contributed by atoms with Crippen molar-refractivity contribution in [1.82, 2.24) is 5.32 Å². The van der Waals surface area contributed by atoms with Crippen molar-refractivity contribution in [2.24, 2.45) is 5.92 Å². The third-order valence-corrected chi connectivity index (χ3v) is 4.63. The van der Waals surface area contributed by atoms with Gasteiger partial charge in [-0.2, -0.15) is 0 Å². The normalized spacial score (nSPS) is 16.1. The fraction of sp³-hybridized carbons (Fsp3) is 0.478. The summed E-state index contributed by atoms with van der Waals surface area (Å²) in [6.45, 7) is 11.2. The van der Waals surface area contributed by atoms with E-state index in [1.807, 2.05) is 19.9 Å². The molecule has 0 amide bonds. The molecule has 0 saturated heterocycles. The van der Waals surface area contributed by atoms with Crippen LogP contribution < -0.4 is 19.5 Å². The first kappa shape index (κ1) is 19.6. The maximum atomic E-state index is 5.93. The highest BCUT2D eigenvalue weighted by atomic mass is 16.5. The third kappa shape index (κ3) is 4.75. The molecule has 27 heavy (non-hydrogen) atoms. The van der Waals surface area contributed by atoms with Gasteiger partial charge in [-0.15, -0.1) is 0 Å². The summed E-state index contributed by atoms with van der Waals surface area (Å²) in [5.74, 6) is 3.09. The summed E-state index contributed by atoms with van der Waals surface area (Å²) < 4.78 is 17.6. The Kier molecular flexibility index (Phi) is 6.62. The molecule has 0 aromatic heterocycles. The number of benzene rings is 2. The van der Waals surface area contributed by atoms with Crippen molar-refractivity contribution in [3.05, 3.63) is 53.1 Å². The van der Waals surface area contributed by atoms with Gasteiger partial charge in [-0.1, -0.05) is 26.0 Å². The summed E-state index contributed by atoms with van der Waals surface area (Å²) in [6, 6.07) is 12.8. The summed E-state index contributed by atoms with van der Waals surface area (Å²) in [6.07, 6.45) is 0.988. The van der Waals surface area contributed by atoms with Gasteiger partial charge in [0.15, 0.2) is 11.5 Å². The SMILES string of the molecule is CCOc1cc2c(cc1OCC)C(c1cccc(OCC(C)C)c1)NCC2. The highest BCUT2D eigenvalue weighted by molar-refractivity contribution is 5.52. The van der Waals surface area contributed by atoms with Gasteiger partial charge in [-0.25, -0.2) is 0 Å². The number of hydrogen-bond acceptors (Lipinski definition) is 4. The maximum absolute atomic E-state index is 5.93. The van der Waals surface area contributed by atoms with Crippen LogP contribution in [0, 0.1) is 5.92 Å². The van der Waals surface area contributed by atoms with Crippen molar-refractivity contribution in [3.63, 3.8) is 0 Å². The molecule has 146 valence electrons. The van der Waals surface area contributed by atoms with Crippen LogP contribution in [0.5, 0.6) is 17.2 Å². The third-order valence-electron chi connectivity index (χ3n) is 4.63. The molecule has 1 heterocycles. The average molecular weight is 370 g/mol. The second kappa shape index (κ2) is 9.14. The molecular weight excluding hydrogens is 338 g/mol. The van der Waals surface area contributed by atoms with Crippen molar-refractivity contribution < 1.29 is 14.2 Å². The molecule has 3 rings (SSSR count). The Morgan fingerprint density at radius 1 is 1.00 bits per heavy atom. The first-order chi connectivity index (χ1) is 13.1. The molecule has 1 unspecified atom stereocenters. The number of nitrogens with one attached hydrogen (secondary N) is 1. The minimum absolute atomic E-state index is 0.131. The number of fused-ring (bicyclic) bond motifs is 1. The van der Waals surface area contributed by atoms with Crippen LogP contribution in [-0.4, -0.2) is 26.4 Å². The van der Waals surface area contributed by atoms with Crippen LogP contribution in [0.3, 0.4) is 0 Å². The zero-order valence-corrected chi connectivity index (χ0v) is 16.9. The van der Waals surface area contributed by atoms with Crippen LogP contribution in [0.25, 0.3) is 0 Å². The second-order valence-electron chi connectivity index (χ2n) is 7.28. The highest BCUT2D eigenvalue weighted by Gasteiger charge is 2.24. The lowest BCUT2D eigenvalue weighted by Gasteiger charge is -2.29. The van der Waals surface area contributed by atoms with Crippen molar-refractivity contribution in [1.29, 1.82) is 0 Å². The Bertz CT molecular complexity index is 757. The fourth-order valence-electron chi connectivity index (χ4n) is 3.44. The smallest absolute Gasteiger partial charge is 0.161 e. The Morgan fingerprint density at radius 2 is 1.74 bits per heavy atom. The monoisotopic (exact) mass is 369 g/mol. The molecule has 4 heteroatoms. The van der Waals surface area contributed by atoms with Crippen molar-refractivity contribution in [3.8, 4) is 17.2 Å². The minimum atomic E-state index is 0.131. The van der Waals surface area contributed by atoms with E-state index in [1.165, 1.54) is 16.7 Å². The van der Waals surface area contributed by atoms with Crippen LogP contribution in [0.4, 0.5) is 0 Å². The summed E-state index contributed by atoms with van der Waals surface area (Å²) in [5.41, 5.74) is 3.79. The van der Waals surface area contributed by atoms with Gasteiger partial charge < -0.3 is 19.5 Å². The molecule has 4 nitrogen and oxygen atoms in total. The lowest BCUT2D eigenvalue weighted by molar-refractivity contribution is 0.270. The molecule has 0 radical (unpaired) electrons. The van der Waals surface area contributed by atoms with Gasteiger partial charge in [-0.3, -0.25) is 0 Å². The maximum Gasteiger partial charge on any atom is 0.161 e. The summed E-state index contributed by atoms with van der Waals surface area (Å²) in [5, 5.41) is 3.65. The first-order valence-electron chi connectivity index (χ1n) is 10.0. The largest absolute Gasteiger partial charge is 0.493 e. The predicted molar refractivity (Wildman–Crippen MR) is 109 cm³/mol. The number of rotatable bonds is 8. The van der Waals surface area contributed by atoms with E-state index in [4.69, 9.17) is 14.2 Å². The molecule has 0 spiro atoms. The van der Waals surface area contributed by atoms with Crippen molar-refractivity contribution in [2.45, 2.75) is 40.2 Å². The standard InChI is InChI=1S/C23H31NO3/c1-5-25-21-13-17-10-11-24-23(20(17)14-22(21)26-6-2)18-8-7-9-19(12-18)27-15-16(3)4/h7-9,12-14,16,23-24H,5-6,10-11,15H2,1-4H3. The molecule has 1 aliphatic heterocycles. The predicted octanol–water partition coefficient (Wildman–Crippen LogP) is 4.75. The van der Waals surface area contributed by atoms with Crippen LogP contribution in [0.2, 0.25) is 0 Å². The van der Waals surface area contributed by atoms with E-state index in [-0.39, 0.29) is 6.04 Å². The lowest BCUT2D eigenvalue weighted by Crippen LogP contribution is -2.30. The Balaban J connectivity index is 1.93. The Labute approximate surface area is 162 Å². The molecule has 0 fully saturated rings. The van der Waals surface area contributed by atoms with Gasteiger partial charge in [0, 0.05) is 6.54 Å². The van der Waals surface area contributed by atoms with E-state index < -0.39 is 0 Å². The average Bonchev–Trinajstić information content (AvgIpc) is 2.67. The topological polar surface area (TPSA) is 39.7 Å². The van der Waals surface area contributed by atoms with Crippen LogP contribution >= 0.6 is 0 Å². The molecular formula is C23H31NO3. The van der Waals surface area contributed by atoms with Gasteiger partial charge in [0.2, 0.25) is 0 Å². The summed E-state index contributed by atoms with van der Waals surface area (Å²) >= 11 is 0.